The average Bonchev–Trinajstić information content (AvgIpc) is 2.81. The lowest BCUT2D eigenvalue weighted by Gasteiger charge is -2.07. The van der Waals surface area contributed by atoms with Crippen molar-refractivity contribution in [3.05, 3.63) is 41.0 Å². The maximum Gasteiger partial charge on any atom is 0.223 e. The highest BCUT2D eigenvalue weighted by Gasteiger charge is 2.13. The molecular formula is C12H10F2N4O. The normalized spacial score (nSPS) is 10.2. The number of nitrogens with zero attached hydrogens (tertiary/aromatic N) is 3. The van der Waals surface area contributed by atoms with E-state index < -0.39 is 11.6 Å². The van der Waals surface area contributed by atoms with Crippen molar-refractivity contribution in [1.82, 2.24) is 10.1 Å². The Morgan fingerprint density at radius 3 is 2.79 bits per heavy atom. The van der Waals surface area contributed by atoms with Crippen LogP contribution >= 0.6 is 0 Å². The molecule has 0 fully saturated rings. The minimum absolute atomic E-state index is 0.00304. The summed E-state index contributed by atoms with van der Waals surface area (Å²) in [6, 6.07) is 4.11. The van der Waals surface area contributed by atoms with Crippen molar-refractivity contribution >= 4 is 5.69 Å². The van der Waals surface area contributed by atoms with Crippen molar-refractivity contribution in [2.45, 2.75) is 13.3 Å². The number of hydrogen-bond acceptors (Lipinski definition) is 5. The molecule has 0 amide bonds. The largest absolute Gasteiger partial charge is 0.382 e. The summed E-state index contributed by atoms with van der Waals surface area (Å²) in [5.41, 5.74) is -0.325. The molecule has 5 nitrogen and oxygen atoms in total. The van der Waals surface area contributed by atoms with Crippen molar-refractivity contribution in [3.8, 4) is 6.07 Å². The number of nitrogens with one attached hydrogen (secondary N) is 1. The predicted molar refractivity (Wildman–Crippen MR) is 62.3 cm³/mol. The van der Waals surface area contributed by atoms with Gasteiger partial charge in [0.1, 0.15) is 6.07 Å². The molecular weight excluding hydrogens is 254 g/mol. The lowest BCUT2D eigenvalue weighted by Crippen LogP contribution is -2.08. The Balaban J connectivity index is 2.00. The molecule has 19 heavy (non-hydrogen) atoms. The Hall–Kier alpha value is -2.49. The van der Waals surface area contributed by atoms with Crippen LogP contribution in [0.1, 0.15) is 17.3 Å². The number of aromatic nitrogens is 2. The van der Waals surface area contributed by atoms with Crippen molar-refractivity contribution < 1.29 is 13.3 Å². The first-order chi connectivity index (χ1) is 9.11. The van der Waals surface area contributed by atoms with Crippen LogP contribution in [-0.2, 0) is 6.42 Å². The summed E-state index contributed by atoms with van der Waals surface area (Å²) in [7, 11) is 0. The maximum absolute atomic E-state index is 13.5. The van der Waals surface area contributed by atoms with Gasteiger partial charge in [-0.2, -0.15) is 10.2 Å². The third-order valence-electron chi connectivity index (χ3n) is 2.44. The highest BCUT2D eigenvalue weighted by molar-refractivity contribution is 5.49. The minimum atomic E-state index is -1.15. The average molecular weight is 264 g/mol. The summed E-state index contributed by atoms with van der Waals surface area (Å²) in [6.07, 6.45) is 0.415. The molecule has 98 valence electrons. The Morgan fingerprint density at radius 2 is 2.16 bits per heavy atom. The summed E-state index contributed by atoms with van der Waals surface area (Å²) in [5, 5.41) is 15.0. The summed E-state index contributed by atoms with van der Waals surface area (Å²) in [4.78, 5) is 3.98. The van der Waals surface area contributed by atoms with E-state index >= 15 is 0 Å². The van der Waals surface area contributed by atoms with E-state index in [2.05, 4.69) is 15.5 Å². The Labute approximate surface area is 107 Å². The zero-order valence-electron chi connectivity index (χ0n) is 10.1. The first kappa shape index (κ1) is 13.0. The molecule has 2 rings (SSSR count). The fourth-order valence-electron chi connectivity index (χ4n) is 1.52. The molecule has 0 saturated heterocycles. The van der Waals surface area contributed by atoms with Crippen LogP contribution < -0.4 is 5.32 Å². The summed E-state index contributed by atoms with van der Waals surface area (Å²) < 4.78 is 31.7. The van der Waals surface area contributed by atoms with E-state index in [-0.39, 0.29) is 11.3 Å². The zero-order chi connectivity index (χ0) is 13.8. The molecule has 0 atom stereocenters. The molecule has 0 aliphatic carbocycles. The lowest BCUT2D eigenvalue weighted by molar-refractivity contribution is 0.387. The SMILES string of the molecule is Cc1nc(CCNc2ccc(C#N)c(F)c2F)no1. The van der Waals surface area contributed by atoms with E-state index in [1.54, 1.807) is 13.0 Å². The highest BCUT2D eigenvalue weighted by Crippen LogP contribution is 2.19. The van der Waals surface area contributed by atoms with Gasteiger partial charge in [0.25, 0.3) is 0 Å². The number of anilines is 1. The van der Waals surface area contributed by atoms with E-state index in [9.17, 15) is 8.78 Å². The van der Waals surface area contributed by atoms with E-state index in [0.29, 0.717) is 24.7 Å². The molecule has 2 aromatic rings. The van der Waals surface area contributed by atoms with Gasteiger partial charge < -0.3 is 9.84 Å². The Kier molecular flexibility index (Phi) is 3.71. The van der Waals surface area contributed by atoms with Crippen molar-refractivity contribution in [2.75, 3.05) is 11.9 Å². The number of hydrogen-bond donors (Lipinski definition) is 1. The van der Waals surface area contributed by atoms with Gasteiger partial charge in [0, 0.05) is 19.9 Å². The summed E-state index contributed by atoms with van der Waals surface area (Å²) in [5.74, 6) is -1.28. The van der Waals surface area contributed by atoms with Gasteiger partial charge in [-0.15, -0.1) is 0 Å². The molecule has 0 bridgehead atoms. The number of aryl methyl sites for hydroxylation is 1. The number of halogens is 2. The van der Waals surface area contributed by atoms with E-state index in [4.69, 9.17) is 9.78 Å². The van der Waals surface area contributed by atoms with Gasteiger partial charge in [-0.1, -0.05) is 5.16 Å². The highest BCUT2D eigenvalue weighted by atomic mass is 19.2. The molecule has 0 saturated carbocycles. The van der Waals surface area contributed by atoms with E-state index in [0.717, 1.165) is 0 Å². The second kappa shape index (κ2) is 5.44. The second-order valence-corrected chi connectivity index (χ2v) is 3.81. The summed E-state index contributed by atoms with van der Waals surface area (Å²) >= 11 is 0. The van der Waals surface area contributed by atoms with Gasteiger partial charge in [0.05, 0.1) is 11.3 Å². The van der Waals surface area contributed by atoms with Gasteiger partial charge >= 0.3 is 0 Å². The van der Waals surface area contributed by atoms with Crippen LogP contribution in [0.4, 0.5) is 14.5 Å². The maximum atomic E-state index is 13.5. The predicted octanol–water partition coefficient (Wildman–Crippen LogP) is 2.18. The summed E-state index contributed by atoms with van der Waals surface area (Å²) in [6.45, 7) is 1.99. The smallest absolute Gasteiger partial charge is 0.223 e. The Morgan fingerprint density at radius 1 is 1.37 bits per heavy atom. The Bertz CT molecular complexity index is 633. The van der Waals surface area contributed by atoms with Crippen LogP contribution in [0.3, 0.4) is 0 Å². The standard InChI is InChI=1S/C12H10F2N4O/c1-7-17-10(18-19-7)4-5-16-9-3-2-8(6-15)11(13)12(9)14/h2-3,16H,4-5H2,1H3. The van der Waals surface area contributed by atoms with Crippen molar-refractivity contribution in [3.63, 3.8) is 0 Å². The second-order valence-electron chi connectivity index (χ2n) is 3.81. The minimum Gasteiger partial charge on any atom is -0.382 e. The van der Waals surface area contributed by atoms with Gasteiger partial charge in [-0.05, 0) is 12.1 Å². The molecule has 0 spiro atoms. The van der Waals surface area contributed by atoms with Crippen molar-refractivity contribution in [1.29, 1.82) is 5.26 Å². The monoisotopic (exact) mass is 264 g/mol. The van der Waals surface area contributed by atoms with Gasteiger partial charge in [0.2, 0.25) is 5.89 Å². The lowest BCUT2D eigenvalue weighted by atomic mass is 10.2. The fourth-order valence-corrected chi connectivity index (χ4v) is 1.52. The zero-order valence-corrected chi connectivity index (χ0v) is 10.1. The van der Waals surface area contributed by atoms with Crippen LogP contribution in [0.2, 0.25) is 0 Å². The molecule has 7 heteroatoms. The third kappa shape index (κ3) is 2.85. The first-order valence-electron chi connectivity index (χ1n) is 5.53. The van der Waals surface area contributed by atoms with E-state index in [1.807, 2.05) is 0 Å². The van der Waals surface area contributed by atoms with Crippen LogP contribution in [-0.4, -0.2) is 16.7 Å². The van der Waals surface area contributed by atoms with Crippen LogP contribution in [0.15, 0.2) is 16.7 Å². The molecule has 1 heterocycles. The molecule has 0 aliphatic heterocycles. The van der Waals surface area contributed by atoms with Gasteiger partial charge in [-0.25, -0.2) is 8.78 Å². The number of rotatable bonds is 4. The number of nitriles is 1. The topological polar surface area (TPSA) is 74.7 Å². The fraction of sp³-hybridized carbons (Fsp3) is 0.250. The first-order valence-corrected chi connectivity index (χ1v) is 5.53. The molecule has 1 aromatic carbocycles. The van der Waals surface area contributed by atoms with Crippen LogP contribution in [0.25, 0.3) is 0 Å². The number of benzene rings is 1. The molecule has 0 aliphatic rings. The quantitative estimate of drug-likeness (QED) is 0.916. The third-order valence-corrected chi connectivity index (χ3v) is 2.44. The molecule has 0 radical (unpaired) electrons. The van der Waals surface area contributed by atoms with Gasteiger partial charge in [-0.3, -0.25) is 0 Å². The van der Waals surface area contributed by atoms with Crippen LogP contribution in [0, 0.1) is 29.9 Å². The van der Waals surface area contributed by atoms with E-state index in [1.165, 1.54) is 12.1 Å². The van der Waals surface area contributed by atoms with Crippen LogP contribution in [0.5, 0.6) is 0 Å². The van der Waals surface area contributed by atoms with Gasteiger partial charge in [0.15, 0.2) is 17.5 Å². The molecule has 1 aromatic heterocycles. The molecule has 0 unspecified atom stereocenters. The van der Waals surface area contributed by atoms with Crippen molar-refractivity contribution in [2.24, 2.45) is 0 Å². The molecule has 1 N–H and O–H groups in total.